The van der Waals surface area contributed by atoms with Gasteiger partial charge in [-0.3, -0.25) is 0 Å². The van der Waals surface area contributed by atoms with Crippen LogP contribution in [0.25, 0.3) is 11.1 Å². The summed E-state index contributed by atoms with van der Waals surface area (Å²) in [6, 6.07) is 5.47. The van der Waals surface area contributed by atoms with E-state index in [9.17, 15) is 35.5 Å². The Hall–Kier alpha value is -3.30. The van der Waals surface area contributed by atoms with Crippen molar-refractivity contribution in [2.45, 2.75) is 12.4 Å². The molecule has 0 fully saturated rings. The number of hydrogen-bond donors (Lipinski definition) is 1. The van der Waals surface area contributed by atoms with Crippen LogP contribution in [0, 0.1) is 5.82 Å². The Labute approximate surface area is 158 Å². The lowest BCUT2D eigenvalue weighted by Gasteiger charge is -2.14. The molecule has 3 rings (SSSR count). The zero-order valence-electron chi connectivity index (χ0n) is 14.2. The van der Waals surface area contributed by atoms with Gasteiger partial charge in [-0.1, -0.05) is 12.1 Å². The molecular formula is C19H10F7NO2. The van der Waals surface area contributed by atoms with Crippen LogP contribution in [0.15, 0.2) is 54.9 Å². The highest BCUT2D eigenvalue weighted by Crippen LogP contribution is 2.37. The maximum Gasteiger partial charge on any atom is 0.416 e. The monoisotopic (exact) mass is 417 g/mol. The number of esters is 1. The Morgan fingerprint density at radius 2 is 1.38 bits per heavy atom. The van der Waals surface area contributed by atoms with Gasteiger partial charge < -0.3 is 9.72 Å². The summed E-state index contributed by atoms with van der Waals surface area (Å²) < 4.78 is 95.7. The molecule has 0 unspecified atom stereocenters. The first-order valence-electron chi connectivity index (χ1n) is 7.89. The normalized spacial score (nSPS) is 12.1. The molecule has 0 saturated heterocycles. The van der Waals surface area contributed by atoms with Gasteiger partial charge in [0.15, 0.2) is 5.75 Å². The van der Waals surface area contributed by atoms with Gasteiger partial charge in [0, 0.05) is 18.0 Å². The van der Waals surface area contributed by atoms with E-state index in [4.69, 9.17) is 4.74 Å². The van der Waals surface area contributed by atoms with Crippen LogP contribution in [0.4, 0.5) is 30.7 Å². The molecule has 0 aliphatic rings. The third kappa shape index (κ3) is 4.58. The minimum Gasteiger partial charge on any atom is -0.421 e. The Bertz CT molecular complexity index is 1000. The average molecular weight is 417 g/mol. The minimum atomic E-state index is -5.09. The molecule has 3 aromatic rings. The number of hydrogen-bond acceptors (Lipinski definition) is 2. The number of rotatable bonds is 3. The molecule has 0 radical (unpaired) electrons. The number of alkyl halides is 6. The van der Waals surface area contributed by atoms with E-state index in [1.165, 1.54) is 24.5 Å². The lowest BCUT2D eigenvalue weighted by atomic mass is 10.0. The minimum absolute atomic E-state index is 0.0863. The number of nitrogens with one attached hydrogen (secondary N) is 1. The van der Waals surface area contributed by atoms with Crippen LogP contribution in [0.2, 0.25) is 0 Å². The highest BCUT2D eigenvalue weighted by molar-refractivity contribution is 5.92. The topological polar surface area (TPSA) is 42.1 Å². The lowest BCUT2D eigenvalue weighted by molar-refractivity contribution is -0.143. The molecule has 0 amide bonds. The molecular weight excluding hydrogens is 407 g/mol. The SMILES string of the molecule is O=C(Oc1c[nH]cc1-c1ccc(F)cc1)c1cc(C(F)(F)F)cc(C(F)(F)F)c1. The van der Waals surface area contributed by atoms with E-state index >= 15 is 0 Å². The van der Waals surface area contributed by atoms with Crippen LogP contribution in [0.3, 0.4) is 0 Å². The average Bonchev–Trinajstić information content (AvgIpc) is 3.08. The van der Waals surface area contributed by atoms with E-state index < -0.39 is 40.8 Å². The molecule has 29 heavy (non-hydrogen) atoms. The zero-order chi connectivity index (χ0) is 21.4. The van der Waals surface area contributed by atoms with Crippen molar-refractivity contribution in [2.75, 3.05) is 0 Å². The van der Waals surface area contributed by atoms with Crippen LogP contribution in [-0.2, 0) is 12.4 Å². The molecule has 0 bridgehead atoms. The van der Waals surface area contributed by atoms with Gasteiger partial charge in [0.1, 0.15) is 5.82 Å². The summed E-state index contributed by atoms with van der Waals surface area (Å²) in [4.78, 5) is 14.9. The Kier molecular flexibility index (Phi) is 5.12. The Morgan fingerprint density at radius 1 is 0.828 bits per heavy atom. The first-order chi connectivity index (χ1) is 13.4. The van der Waals surface area contributed by atoms with Crippen molar-refractivity contribution in [3.8, 4) is 16.9 Å². The van der Waals surface area contributed by atoms with Gasteiger partial charge in [-0.25, -0.2) is 9.18 Å². The predicted molar refractivity (Wildman–Crippen MR) is 87.6 cm³/mol. The molecule has 2 aromatic carbocycles. The fraction of sp³-hybridized carbons (Fsp3) is 0.105. The standard InChI is InChI=1S/C19H10F7NO2/c20-14-3-1-10(2-4-14)15-8-27-9-16(15)29-17(28)11-5-12(18(21,22)23)7-13(6-11)19(24,25)26/h1-9,27H. The van der Waals surface area contributed by atoms with Gasteiger partial charge in [-0.05, 0) is 35.9 Å². The van der Waals surface area contributed by atoms with E-state index in [0.29, 0.717) is 5.56 Å². The molecule has 0 atom stereocenters. The number of benzene rings is 2. The van der Waals surface area contributed by atoms with Crippen molar-refractivity contribution < 1.29 is 40.3 Å². The molecule has 10 heteroatoms. The third-order valence-electron chi connectivity index (χ3n) is 3.89. The molecule has 0 aliphatic heterocycles. The number of carbonyl (C=O) groups excluding carboxylic acids is 1. The highest BCUT2D eigenvalue weighted by atomic mass is 19.4. The lowest BCUT2D eigenvalue weighted by Crippen LogP contribution is -2.16. The summed E-state index contributed by atoms with van der Waals surface area (Å²) in [7, 11) is 0. The Balaban J connectivity index is 1.96. The fourth-order valence-corrected chi connectivity index (χ4v) is 2.52. The highest BCUT2D eigenvalue weighted by Gasteiger charge is 2.37. The van der Waals surface area contributed by atoms with Gasteiger partial charge in [-0.2, -0.15) is 26.3 Å². The number of carbonyl (C=O) groups is 1. The van der Waals surface area contributed by atoms with Crippen LogP contribution in [0.5, 0.6) is 5.75 Å². The summed E-state index contributed by atoms with van der Waals surface area (Å²) in [6.07, 6.45) is -7.62. The largest absolute Gasteiger partial charge is 0.421 e. The number of aromatic amines is 1. The van der Waals surface area contributed by atoms with E-state index in [2.05, 4.69) is 4.98 Å². The number of aromatic nitrogens is 1. The van der Waals surface area contributed by atoms with E-state index in [1.807, 2.05) is 0 Å². The van der Waals surface area contributed by atoms with Crippen LogP contribution >= 0.6 is 0 Å². The van der Waals surface area contributed by atoms with E-state index in [0.717, 1.165) is 12.1 Å². The van der Waals surface area contributed by atoms with Crippen LogP contribution in [0.1, 0.15) is 21.5 Å². The zero-order valence-corrected chi connectivity index (χ0v) is 14.2. The summed E-state index contributed by atoms with van der Waals surface area (Å²) in [5.74, 6) is -2.08. The van der Waals surface area contributed by atoms with E-state index in [-0.39, 0.29) is 29.5 Å². The number of H-pyrrole nitrogens is 1. The van der Waals surface area contributed by atoms with Crippen molar-refractivity contribution in [3.05, 3.63) is 77.4 Å². The number of ether oxygens (including phenoxy) is 1. The van der Waals surface area contributed by atoms with Gasteiger partial charge in [-0.15, -0.1) is 0 Å². The second kappa shape index (κ2) is 7.26. The predicted octanol–water partition coefficient (Wildman–Crippen LogP) is 6.08. The van der Waals surface area contributed by atoms with Gasteiger partial charge in [0.05, 0.1) is 16.7 Å². The molecule has 1 heterocycles. The Morgan fingerprint density at radius 3 is 1.90 bits per heavy atom. The first kappa shape index (κ1) is 20.4. The number of halogens is 7. The van der Waals surface area contributed by atoms with Crippen molar-refractivity contribution in [3.63, 3.8) is 0 Å². The van der Waals surface area contributed by atoms with Crippen molar-refractivity contribution in [1.82, 2.24) is 4.98 Å². The molecule has 0 saturated carbocycles. The summed E-state index contributed by atoms with van der Waals surface area (Å²) in [5.41, 5.74) is -3.51. The van der Waals surface area contributed by atoms with Crippen LogP contribution < -0.4 is 4.74 Å². The summed E-state index contributed by atoms with van der Waals surface area (Å²) in [5, 5.41) is 0. The van der Waals surface area contributed by atoms with Gasteiger partial charge >= 0.3 is 18.3 Å². The molecule has 1 aromatic heterocycles. The van der Waals surface area contributed by atoms with Gasteiger partial charge in [0.2, 0.25) is 0 Å². The summed E-state index contributed by atoms with van der Waals surface area (Å²) >= 11 is 0. The van der Waals surface area contributed by atoms with Gasteiger partial charge in [0.25, 0.3) is 0 Å². The molecule has 3 nitrogen and oxygen atoms in total. The second-order valence-electron chi connectivity index (χ2n) is 5.92. The molecule has 1 N–H and O–H groups in total. The quantitative estimate of drug-likeness (QED) is 0.415. The van der Waals surface area contributed by atoms with E-state index in [1.54, 1.807) is 0 Å². The third-order valence-corrected chi connectivity index (χ3v) is 3.89. The fourth-order valence-electron chi connectivity index (χ4n) is 2.52. The molecule has 152 valence electrons. The smallest absolute Gasteiger partial charge is 0.416 e. The maximum atomic E-state index is 13.1. The molecule has 0 spiro atoms. The van der Waals surface area contributed by atoms with Crippen molar-refractivity contribution >= 4 is 5.97 Å². The van der Waals surface area contributed by atoms with Crippen molar-refractivity contribution in [2.24, 2.45) is 0 Å². The van der Waals surface area contributed by atoms with Crippen LogP contribution in [-0.4, -0.2) is 11.0 Å². The molecule has 0 aliphatic carbocycles. The first-order valence-corrected chi connectivity index (χ1v) is 7.89. The van der Waals surface area contributed by atoms with Crippen molar-refractivity contribution in [1.29, 1.82) is 0 Å². The summed E-state index contributed by atoms with van der Waals surface area (Å²) in [6.45, 7) is 0. The second-order valence-corrected chi connectivity index (χ2v) is 5.92. The maximum absolute atomic E-state index is 13.1.